The third kappa shape index (κ3) is 3.32. The predicted molar refractivity (Wildman–Crippen MR) is 71.2 cm³/mol. The molecule has 0 amide bonds. The van der Waals surface area contributed by atoms with E-state index in [2.05, 4.69) is 0 Å². The molecule has 1 unspecified atom stereocenters. The number of halogens is 1. The maximum atomic E-state index is 13.8. The van der Waals surface area contributed by atoms with Gasteiger partial charge in [-0.3, -0.25) is 0 Å². The number of hydrogen-bond acceptors (Lipinski definition) is 2. The first-order valence-electron chi connectivity index (χ1n) is 5.89. The van der Waals surface area contributed by atoms with E-state index in [-0.39, 0.29) is 6.04 Å². The lowest BCUT2D eigenvalue weighted by atomic mass is 10.1. The summed E-state index contributed by atoms with van der Waals surface area (Å²) in [6, 6.07) is 5.00. The Morgan fingerprint density at radius 2 is 2.22 bits per heavy atom. The molecule has 1 atom stereocenters. The van der Waals surface area contributed by atoms with E-state index in [0.29, 0.717) is 11.3 Å². The lowest BCUT2D eigenvalue weighted by Crippen LogP contribution is -2.28. The summed E-state index contributed by atoms with van der Waals surface area (Å²) < 4.78 is 13.8. The van der Waals surface area contributed by atoms with Gasteiger partial charge in [-0.05, 0) is 31.6 Å². The number of hydrogen-bond donors (Lipinski definition) is 1. The van der Waals surface area contributed by atoms with Crippen molar-refractivity contribution in [2.24, 2.45) is 0 Å². The fourth-order valence-electron chi connectivity index (χ4n) is 1.66. The monoisotopic (exact) mass is 251 g/mol. The van der Waals surface area contributed by atoms with Crippen molar-refractivity contribution in [2.45, 2.75) is 26.3 Å². The summed E-state index contributed by atoms with van der Waals surface area (Å²) in [5.74, 6) is -1.50. The van der Waals surface area contributed by atoms with Crippen molar-refractivity contribution >= 4 is 17.7 Å². The van der Waals surface area contributed by atoms with Gasteiger partial charge in [0.05, 0.1) is 0 Å². The molecule has 18 heavy (non-hydrogen) atoms. The summed E-state index contributed by atoms with van der Waals surface area (Å²) in [4.78, 5) is 12.5. The number of anilines is 1. The van der Waals surface area contributed by atoms with Crippen LogP contribution in [0, 0.1) is 5.82 Å². The highest BCUT2D eigenvalue weighted by atomic mass is 19.1. The van der Waals surface area contributed by atoms with E-state index in [1.165, 1.54) is 12.1 Å². The molecule has 0 heterocycles. The van der Waals surface area contributed by atoms with Crippen molar-refractivity contribution in [3.05, 3.63) is 35.7 Å². The van der Waals surface area contributed by atoms with Crippen LogP contribution in [0.3, 0.4) is 0 Å². The van der Waals surface area contributed by atoms with Crippen LogP contribution in [0.25, 0.3) is 6.08 Å². The van der Waals surface area contributed by atoms with Gasteiger partial charge in [-0.25, -0.2) is 9.18 Å². The van der Waals surface area contributed by atoms with Gasteiger partial charge in [-0.1, -0.05) is 13.0 Å². The van der Waals surface area contributed by atoms with Gasteiger partial charge in [0.1, 0.15) is 5.82 Å². The molecule has 0 fully saturated rings. The SMILES string of the molecule is CCC(C)N(C)c1cccc(F)c1/C=C/C(=O)O. The number of carboxylic acids is 1. The van der Waals surface area contributed by atoms with Crippen LogP contribution in [0.15, 0.2) is 24.3 Å². The minimum absolute atomic E-state index is 0.253. The standard InChI is InChI=1S/C14H18FNO2/c1-4-10(2)16(3)13-7-5-6-12(15)11(13)8-9-14(17)18/h5-10H,4H2,1-3H3,(H,17,18)/b9-8+. The molecule has 1 rings (SSSR count). The molecule has 0 bridgehead atoms. The number of benzene rings is 1. The van der Waals surface area contributed by atoms with Crippen LogP contribution in [-0.4, -0.2) is 24.2 Å². The van der Waals surface area contributed by atoms with Crippen LogP contribution in [0.5, 0.6) is 0 Å². The average Bonchev–Trinajstić information content (AvgIpc) is 2.35. The number of rotatable bonds is 5. The summed E-state index contributed by atoms with van der Waals surface area (Å²) in [5, 5.41) is 8.63. The molecule has 4 heteroatoms. The molecule has 1 aromatic rings. The largest absolute Gasteiger partial charge is 0.478 e. The van der Waals surface area contributed by atoms with Crippen molar-refractivity contribution in [2.75, 3.05) is 11.9 Å². The zero-order valence-corrected chi connectivity index (χ0v) is 10.9. The van der Waals surface area contributed by atoms with Crippen LogP contribution in [0.1, 0.15) is 25.8 Å². The van der Waals surface area contributed by atoms with Crippen LogP contribution in [0.2, 0.25) is 0 Å². The molecule has 0 aromatic heterocycles. The second kappa shape index (κ2) is 6.19. The van der Waals surface area contributed by atoms with E-state index in [4.69, 9.17) is 5.11 Å². The van der Waals surface area contributed by atoms with Gasteiger partial charge < -0.3 is 10.0 Å². The minimum Gasteiger partial charge on any atom is -0.478 e. The van der Waals surface area contributed by atoms with Gasteiger partial charge >= 0.3 is 5.97 Å². The van der Waals surface area contributed by atoms with E-state index >= 15 is 0 Å². The van der Waals surface area contributed by atoms with Gasteiger partial charge in [0.15, 0.2) is 0 Å². The fourth-order valence-corrected chi connectivity index (χ4v) is 1.66. The Hall–Kier alpha value is -1.84. The van der Waals surface area contributed by atoms with E-state index in [9.17, 15) is 9.18 Å². The lowest BCUT2D eigenvalue weighted by Gasteiger charge is -2.27. The quantitative estimate of drug-likeness (QED) is 0.817. The number of carbonyl (C=O) groups is 1. The molecular weight excluding hydrogens is 233 g/mol. The van der Waals surface area contributed by atoms with E-state index in [1.54, 1.807) is 12.1 Å². The topological polar surface area (TPSA) is 40.5 Å². The van der Waals surface area contributed by atoms with Crippen molar-refractivity contribution < 1.29 is 14.3 Å². The first kappa shape index (κ1) is 14.2. The zero-order chi connectivity index (χ0) is 13.7. The van der Waals surface area contributed by atoms with E-state index < -0.39 is 11.8 Å². The number of nitrogens with zero attached hydrogens (tertiary/aromatic N) is 1. The molecule has 0 aliphatic rings. The van der Waals surface area contributed by atoms with Crippen molar-refractivity contribution in [3.8, 4) is 0 Å². The summed E-state index contributed by atoms with van der Waals surface area (Å²) in [6.07, 6.45) is 3.17. The molecule has 98 valence electrons. The molecule has 3 nitrogen and oxygen atoms in total. The Morgan fingerprint density at radius 1 is 1.56 bits per heavy atom. The third-order valence-electron chi connectivity index (χ3n) is 3.05. The minimum atomic E-state index is -1.09. The molecule has 0 saturated heterocycles. The molecule has 0 aliphatic carbocycles. The fraction of sp³-hybridized carbons (Fsp3) is 0.357. The number of aliphatic carboxylic acids is 1. The van der Waals surface area contributed by atoms with Crippen molar-refractivity contribution in [1.29, 1.82) is 0 Å². The van der Waals surface area contributed by atoms with Gasteiger partial charge in [0.25, 0.3) is 0 Å². The number of carboxylic acid groups (broad SMARTS) is 1. The van der Waals surface area contributed by atoms with Crippen molar-refractivity contribution in [3.63, 3.8) is 0 Å². The smallest absolute Gasteiger partial charge is 0.328 e. The lowest BCUT2D eigenvalue weighted by molar-refractivity contribution is -0.131. The molecule has 0 spiro atoms. The second-order valence-electron chi connectivity index (χ2n) is 4.21. The summed E-state index contributed by atoms with van der Waals surface area (Å²) >= 11 is 0. The predicted octanol–water partition coefficient (Wildman–Crippen LogP) is 3.16. The first-order chi connectivity index (χ1) is 8.47. The van der Waals surface area contributed by atoms with Gasteiger partial charge in [-0.15, -0.1) is 0 Å². The van der Waals surface area contributed by atoms with Gasteiger partial charge in [0, 0.05) is 30.4 Å². The van der Waals surface area contributed by atoms with Gasteiger partial charge in [0.2, 0.25) is 0 Å². The highest BCUT2D eigenvalue weighted by Crippen LogP contribution is 2.25. The Kier molecular flexibility index (Phi) is 4.89. The highest BCUT2D eigenvalue weighted by Gasteiger charge is 2.13. The average molecular weight is 251 g/mol. The van der Waals surface area contributed by atoms with E-state index in [0.717, 1.165) is 12.5 Å². The first-order valence-corrected chi connectivity index (χ1v) is 5.89. The molecule has 0 aliphatic heterocycles. The maximum absolute atomic E-state index is 13.8. The maximum Gasteiger partial charge on any atom is 0.328 e. The Bertz CT molecular complexity index is 457. The third-order valence-corrected chi connectivity index (χ3v) is 3.05. The molecule has 1 aromatic carbocycles. The highest BCUT2D eigenvalue weighted by molar-refractivity contribution is 5.87. The van der Waals surface area contributed by atoms with Crippen LogP contribution < -0.4 is 4.90 Å². The molecular formula is C14H18FNO2. The second-order valence-corrected chi connectivity index (χ2v) is 4.21. The Labute approximate surface area is 107 Å². The Balaban J connectivity index is 3.19. The van der Waals surface area contributed by atoms with Gasteiger partial charge in [-0.2, -0.15) is 0 Å². The normalized spacial score (nSPS) is 12.7. The summed E-state index contributed by atoms with van der Waals surface area (Å²) in [6.45, 7) is 4.09. The molecule has 0 saturated carbocycles. The van der Waals surface area contributed by atoms with Crippen LogP contribution in [-0.2, 0) is 4.79 Å². The molecule has 0 radical (unpaired) electrons. The Morgan fingerprint density at radius 3 is 2.78 bits per heavy atom. The summed E-state index contributed by atoms with van der Waals surface area (Å²) in [5.41, 5.74) is 1.00. The van der Waals surface area contributed by atoms with Crippen LogP contribution in [0.4, 0.5) is 10.1 Å². The molecule has 1 N–H and O–H groups in total. The van der Waals surface area contributed by atoms with Crippen molar-refractivity contribution in [1.82, 2.24) is 0 Å². The van der Waals surface area contributed by atoms with Crippen LogP contribution >= 0.6 is 0 Å². The summed E-state index contributed by atoms with van der Waals surface area (Å²) in [7, 11) is 1.88. The van der Waals surface area contributed by atoms with E-state index in [1.807, 2.05) is 25.8 Å². The zero-order valence-electron chi connectivity index (χ0n) is 10.9.